The van der Waals surface area contributed by atoms with Gasteiger partial charge in [0.15, 0.2) is 0 Å². The fourth-order valence-electron chi connectivity index (χ4n) is 3.98. The van der Waals surface area contributed by atoms with E-state index in [4.69, 9.17) is 16.3 Å². The molecular weight excluding hydrogens is 454 g/mol. The molecule has 0 saturated heterocycles. The van der Waals surface area contributed by atoms with Crippen molar-refractivity contribution in [2.75, 3.05) is 7.11 Å². The van der Waals surface area contributed by atoms with Crippen LogP contribution in [0.15, 0.2) is 72.4 Å². The van der Waals surface area contributed by atoms with Gasteiger partial charge in [0.05, 0.1) is 12.7 Å². The van der Waals surface area contributed by atoms with Gasteiger partial charge in [0.1, 0.15) is 16.5 Å². The summed E-state index contributed by atoms with van der Waals surface area (Å²) < 4.78 is 7.60. The van der Waals surface area contributed by atoms with Crippen LogP contribution in [0.2, 0.25) is 5.02 Å². The molecule has 0 radical (unpaired) electrons. The average Bonchev–Trinajstić information content (AvgIpc) is 3.44. The summed E-state index contributed by atoms with van der Waals surface area (Å²) in [7, 11) is 1.63. The third kappa shape index (κ3) is 4.03. The van der Waals surface area contributed by atoms with Crippen molar-refractivity contribution in [2.45, 2.75) is 13.5 Å². The zero-order chi connectivity index (χ0) is 22.9. The normalized spacial score (nSPS) is 11.1. The number of hydrogen-bond acceptors (Lipinski definition) is 5. The molecule has 0 bridgehead atoms. The van der Waals surface area contributed by atoms with Crippen molar-refractivity contribution in [3.8, 4) is 16.3 Å². The van der Waals surface area contributed by atoms with Crippen LogP contribution in [0.25, 0.3) is 21.5 Å². The zero-order valence-corrected chi connectivity index (χ0v) is 19.7. The lowest BCUT2D eigenvalue weighted by Crippen LogP contribution is -2.06. The van der Waals surface area contributed by atoms with Gasteiger partial charge in [0, 0.05) is 51.5 Å². The van der Waals surface area contributed by atoms with E-state index in [2.05, 4.69) is 14.5 Å². The molecule has 5 aromatic rings. The van der Waals surface area contributed by atoms with Crippen LogP contribution in [0.3, 0.4) is 0 Å². The lowest BCUT2D eigenvalue weighted by Gasteiger charge is -2.09. The van der Waals surface area contributed by atoms with Gasteiger partial charge in [-0.1, -0.05) is 23.7 Å². The molecule has 33 heavy (non-hydrogen) atoms. The minimum absolute atomic E-state index is 0.105. The SMILES string of the molecule is COc1ccc2c(c1)c(C(=O)c1csc(-c3cccnc3)n1)c(C)n2Cc1ccc(Cl)cc1. The summed E-state index contributed by atoms with van der Waals surface area (Å²) in [5.41, 5.74) is 4.91. The fraction of sp³-hybridized carbons (Fsp3) is 0.115. The number of nitrogens with zero attached hydrogens (tertiary/aromatic N) is 3. The molecule has 2 aromatic carbocycles. The first kappa shape index (κ1) is 21.4. The Hall–Kier alpha value is -3.48. The number of pyridine rings is 1. The highest BCUT2D eigenvalue weighted by Crippen LogP contribution is 2.33. The van der Waals surface area contributed by atoms with Gasteiger partial charge in [-0.15, -0.1) is 11.3 Å². The predicted molar refractivity (Wildman–Crippen MR) is 133 cm³/mol. The molecule has 0 spiro atoms. The third-order valence-electron chi connectivity index (χ3n) is 5.66. The summed E-state index contributed by atoms with van der Waals surface area (Å²) in [5, 5.41) is 4.13. The Morgan fingerprint density at radius 1 is 1.15 bits per heavy atom. The lowest BCUT2D eigenvalue weighted by molar-refractivity contribution is 0.103. The number of rotatable bonds is 6. The number of benzene rings is 2. The summed E-state index contributed by atoms with van der Waals surface area (Å²) >= 11 is 7.50. The Balaban J connectivity index is 1.61. The quantitative estimate of drug-likeness (QED) is 0.267. The van der Waals surface area contributed by atoms with E-state index in [1.807, 2.05) is 66.9 Å². The maximum absolute atomic E-state index is 13.7. The molecule has 3 aromatic heterocycles. The molecule has 7 heteroatoms. The lowest BCUT2D eigenvalue weighted by atomic mass is 10.0. The van der Waals surface area contributed by atoms with Crippen LogP contribution in [-0.4, -0.2) is 27.4 Å². The molecule has 0 atom stereocenters. The number of carbonyl (C=O) groups excluding carboxylic acids is 1. The molecule has 5 rings (SSSR count). The van der Waals surface area contributed by atoms with Crippen molar-refractivity contribution in [1.29, 1.82) is 0 Å². The van der Waals surface area contributed by atoms with E-state index < -0.39 is 0 Å². The first-order valence-corrected chi connectivity index (χ1v) is 11.6. The predicted octanol–water partition coefficient (Wildman–Crippen LogP) is 6.41. The van der Waals surface area contributed by atoms with Crippen LogP contribution >= 0.6 is 22.9 Å². The Bertz CT molecular complexity index is 1460. The van der Waals surface area contributed by atoms with Crippen LogP contribution in [0.4, 0.5) is 0 Å². The molecule has 0 saturated carbocycles. The van der Waals surface area contributed by atoms with Crippen LogP contribution in [0.1, 0.15) is 27.3 Å². The summed E-state index contributed by atoms with van der Waals surface area (Å²) in [5.74, 6) is 0.599. The number of ether oxygens (including phenoxy) is 1. The molecule has 0 amide bonds. The Kier molecular flexibility index (Phi) is 5.70. The Morgan fingerprint density at radius 2 is 1.97 bits per heavy atom. The van der Waals surface area contributed by atoms with Gasteiger partial charge in [-0.25, -0.2) is 4.98 Å². The molecule has 164 valence electrons. The van der Waals surface area contributed by atoms with Gasteiger partial charge in [0.25, 0.3) is 0 Å². The molecule has 3 heterocycles. The van der Waals surface area contributed by atoms with Crippen LogP contribution in [-0.2, 0) is 6.54 Å². The first-order valence-electron chi connectivity index (χ1n) is 10.4. The van der Waals surface area contributed by atoms with Gasteiger partial charge in [0.2, 0.25) is 5.78 Å². The maximum Gasteiger partial charge on any atom is 0.214 e. The minimum Gasteiger partial charge on any atom is -0.497 e. The molecule has 5 nitrogen and oxygen atoms in total. The largest absolute Gasteiger partial charge is 0.497 e. The highest BCUT2D eigenvalue weighted by Gasteiger charge is 2.24. The van der Waals surface area contributed by atoms with E-state index in [1.54, 1.807) is 19.5 Å². The number of fused-ring (bicyclic) bond motifs is 1. The van der Waals surface area contributed by atoms with Crippen LogP contribution in [0.5, 0.6) is 5.75 Å². The van der Waals surface area contributed by atoms with Crippen LogP contribution < -0.4 is 4.74 Å². The van der Waals surface area contributed by atoms with E-state index in [0.717, 1.165) is 32.7 Å². The summed E-state index contributed by atoms with van der Waals surface area (Å²) in [6.07, 6.45) is 3.47. The van der Waals surface area contributed by atoms with Gasteiger partial charge >= 0.3 is 0 Å². The van der Waals surface area contributed by atoms with Crippen molar-refractivity contribution in [3.63, 3.8) is 0 Å². The van der Waals surface area contributed by atoms with Crippen molar-refractivity contribution in [3.05, 3.63) is 99.9 Å². The van der Waals surface area contributed by atoms with Gasteiger partial charge in [-0.3, -0.25) is 9.78 Å². The average molecular weight is 474 g/mol. The van der Waals surface area contributed by atoms with Gasteiger partial charge < -0.3 is 9.30 Å². The summed E-state index contributed by atoms with van der Waals surface area (Å²) in [6.45, 7) is 2.60. The second kappa shape index (κ2) is 8.81. The molecule has 0 fully saturated rings. The highest BCUT2D eigenvalue weighted by atomic mass is 35.5. The standard InChI is InChI=1S/C26H20ClN3O2S/c1-16-24(25(31)22-15-33-26(29-22)18-4-3-11-28-13-18)21-12-20(32-2)9-10-23(21)30(16)14-17-5-7-19(27)8-6-17/h3-13,15H,14H2,1-2H3. The number of hydrogen-bond donors (Lipinski definition) is 0. The van der Waals surface area contributed by atoms with Crippen molar-refractivity contribution >= 4 is 39.6 Å². The van der Waals surface area contributed by atoms with E-state index in [9.17, 15) is 4.79 Å². The number of thiazole rings is 1. The maximum atomic E-state index is 13.7. The first-order chi connectivity index (χ1) is 16.0. The summed E-state index contributed by atoms with van der Waals surface area (Å²) in [6, 6.07) is 17.4. The second-order valence-corrected chi connectivity index (χ2v) is 8.96. The monoisotopic (exact) mass is 473 g/mol. The molecule has 0 aliphatic heterocycles. The number of carbonyl (C=O) groups is 1. The van der Waals surface area contributed by atoms with E-state index in [1.165, 1.54) is 11.3 Å². The van der Waals surface area contributed by atoms with Crippen molar-refractivity contribution in [1.82, 2.24) is 14.5 Å². The molecule has 0 N–H and O–H groups in total. The molecule has 0 aliphatic carbocycles. The van der Waals surface area contributed by atoms with Gasteiger partial charge in [-0.05, 0) is 55.0 Å². The van der Waals surface area contributed by atoms with E-state index >= 15 is 0 Å². The second-order valence-electron chi connectivity index (χ2n) is 7.66. The third-order valence-corrected chi connectivity index (χ3v) is 6.80. The minimum atomic E-state index is -0.105. The Labute approximate surface area is 200 Å². The zero-order valence-electron chi connectivity index (χ0n) is 18.1. The van der Waals surface area contributed by atoms with Crippen molar-refractivity contribution in [2.24, 2.45) is 0 Å². The van der Waals surface area contributed by atoms with E-state index in [-0.39, 0.29) is 5.78 Å². The Morgan fingerprint density at radius 3 is 2.70 bits per heavy atom. The molecule has 0 aliphatic rings. The number of aromatic nitrogens is 3. The molecular formula is C26H20ClN3O2S. The topological polar surface area (TPSA) is 57.0 Å². The summed E-state index contributed by atoms with van der Waals surface area (Å²) in [4.78, 5) is 22.5. The fourth-order valence-corrected chi connectivity index (χ4v) is 4.90. The van der Waals surface area contributed by atoms with Crippen LogP contribution in [0, 0.1) is 6.92 Å². The number of methoxy groups -OCH3 is 1. The van der Waals surface area contributed by atoms with Gasteiger partial charge in [-0.2, -0.15) is 0 Å². The highest BCUT2D eigenvalue weighted by molar-refractivity contribution is 7.13. The smallest absolute Gasteiger partial charge is 0.214 e. The van der Waals surface area contributed by atoms with Crippen molar-refractivity contribution < 1.29 is 9.53 Å². The van der Waals surface area contributed by atoms with E-state index in [0.29, 0.717) is 28.6 Å². The number of halogens is 1. The number of ketones is 1. The molecule has 0 unspecified atom stereocenters.